The monoisotopic (exact) mass is 154 g/mol. The van der Waals surface area contributed by atoms with Gasteiger partial charge in [0, 0.05) is 12.6 Å². The van der Waals surface area contributed by atoms with Gasteiger partial charge in [-0.1, -0.05) is 5.92 Å². The van der Waals surface area contributed by atoms with E-state index in [1.165, 1.54) is 6.42 Å². The SMILES string of the molecule is C#CCONC1CCCNC1. The Balaban J connectivity index is 2.01. The molecule has 0 spiro atoms. The van der Waals surface area contributed by atoms with Gasteiger partial charge in [0.05, 0.1) is 0 Å². The number of piperidine rings is 1. The summed E-state index contributed by atoms with van der Waals surface area (Å²) in [4.78, 5) is 5.00. The Labute approximate surface area is 67.5 Å². The van der Waals surface area contributed by atoms with Crippen molar-refractivity contribution in [1.82, 2.24) is 10.8 Å². The fourth-order valence-corrected chi connectivity index (χ4v) is 1.15. The molecule has 1 fully saturated rings. The van der Waals surface area contributed by atoms with Gasteiger partial charge in [0.2, 0.25) is 0 Å². The van der Waals surface area contributed by atoms with Crippen molar-refractivity contribution in [3.05, 3.63) is 0 Å². The van der Waals surface area contributed by atoms with E-state index >= 15 is 0 Å². The summed E-state index contributed by atoms with van der Waals surface area (Å²) in [5.74, 6) is 2.40. The molecule has 1 heterocycles. The molecule has 1 aliphatic rings. The Hall–Kier alpha value is -0.560. The van der Waals surface area contributed by atoms with E-state index in [4.69, 9.17) is 11.3 Å². The summed E-state index contributed by atoms with van der Waals surface area (Å²) in [5, 5.41) is 3.27. The van der Waals surface area contributed by atoms with E-state index in [1.54, 1.807) is 0 Å². The van der Waals surface area contributed by atoms with Crippen LogP contribution in [0.2, 0.25) is 0 Å². The predicted octanol–water partition coefficient (Wildman–Crippen LogP) is -0.107. The molecule has 1 rings (SSSR count). The number of terminal acetylenes is 1. The van der Waals surface area contributed by atoms with Crippen LogP contribution in [-0.2, 0) is 4.84 Å². The maximum Gasteiger partial charge on any atom is 0.128 e. The Bertz CT molecular complexity index is 136. The molecule has 0 aliphatic carbocycles. The smallest absolute Gasteiger partial charge is 0.128 e. The average molecular weight is 154 g/mol. The lowest BCUT2D eigenvalue weighted by atomic mass is 10.1. The van der Waals surface area contributed by atoms with Gasteiger partial charge in [-0.25, -0.2) is 0 Å². The second-order valence-corrected chi connectivity index (χ2v) is 2.65. The summed E-state index contributed by atoms with van der Waals surface area (Å²) in [6.07, 6.45) is 7.38. The van der Waals surface area contributed by atoms with Crippen LogP contribution in [0.4, 0.5) is 0 Å². The summed E-state index contributed by atoms with van der Waals surface area (Å²) < 4.78 is 0. The molecule has 0 saturated carbocycles. The van der Waals surface area contributed by atoms with Crippen LogP contribution in [0.3, 0.4) is 0 Å². The predicted molar refractivity (Wildman–Crippen MR) is 43.8 cm³/mol. The van der Waals surface area contributed by atoms with Crippen molar-refractivity contribution in [3.63, 3.8) is 0 Å². The molecule has 0 aromatic carbocycles. The second-order valence-electron chi connectivity index (χ2n) is 2.65. The van der Waals surface area contributed by atoms with Crippen LogP contribution in [0.15, 0.2) is 0 Å². The van der Waals surface area contributed by atoms with Crippen molar-refractivity contribution >= 4 is 0 Å². The normalized spacial score (nSPS) is 24.5. The molecule has 0 amide bonds. The Morgan fingerprint density at radius 2 is 2.64 bits per heavy atom. The lowest BCUT2D eigenvalue weighted by molar-refractivity contribution is 0.0316. The summed E-state index contributed by atoms with van der Waals surface area (Å²) in [6, 6.07) is 0.428. The van der Waals surface area contributed by atoms with Crippen molar-refractivity contribution in [3.8, 4) is 12.3 Å². The van der Waals surface area contributed by atoms with Gasteiger partial charge in [-0.05, 0) is 19.4 Å². The van der Waals surface area contributed by atoms with Crippen LogP contribution in [0, 0.1) is 12.3 Å². The van der Waals surface area contributed by atoms with Crippen molar-refractivity contribution in [1.29, 1.82) is 0 Å². The van der Waals surface area contributed by atoms with E-state index in [-0.39, 0.29) is 0 Å². The fraction of sp³-hybridized carbons (Fsp3) is 0.750. The summed E-state index contributed by atoms with van der Waals surface area (Å²) in [7, 11) is 0. The van der Waals surface area contributed by atoms with Gasteiger partial charge < -0.3 is 5.32 Å². The minimum atomic E-state index is 0.344. The number of nitrogens with one attached hydrogen (secondary N) is 2. The van der Waals surface area contributed by atoms with E-state index in [9.17, 15) is 0 Å². The average Bonchev–Trinajstić information content (AvgIpc) is 2.07. The van der Waals surface area contributed by atoms with Crippen molar-refractivity contribution < 1.29 is 4.84 Å². The Morgan fingerprint density at radius 3 is 3.27 bits per heavy atom. The highest BCUT2D eigenvalue weighted by atomic mass is 16.6. The number of rotatable bonds is 3. The van der Waals surface area contributed by atoms with Crippen LogP contribution >= 0.6 is 0 Å². The molecular formula is C8H14N2O. The first-order chi connectivity index (χ1) is 5.43. The molecule has 3 heteroatoms. The molecule has 0 bridgehead atoms. The first-order valence-corrected chi connectivity index (χ1v) is 3.95. The number of hydrogen-bond donors (Lipinski definition) is 2. The standard InChI is InChI=1S/C8H14N2O/c1-2-6-11-10-8-4-3-5-9-7-8/h1,8-10H,3-7H2. The number of hydrogen-bond acceptors (Lipinski definition) is 3. The molecule has 3 nitrogen and oxygen atoms in total. The summed E-state index contributed by atoms with van der Waals surface area (Å²) >= 11 is 0. The zero-order valence-corrected chi connectivity index (χ0v) is 6.60. The third-order valence-corrected chi connectivity index (χ3v) is 1.70. The maximum atomic E-state index is 5.01. The molecule has 1 saturated heterocycles. The van der Waals surface area contributed by atoms with Crippen LogP contribution in [-0.4, -0.2) is 25.7 Å². The van der Waals surface area contributed by atoms with Crippen molar-refractivity contribution in [2.75, 3.05) is 19.7 Å². The van der Waals surface area contributed by atoms with Crippen molar-refractivity contribution in [2.24, 2.45) is 0 Å². The zero-order valence-electron chi connectivity index (χ0n) is 6.60. The topological polar surface area (TPSA) is 33.3 Å². The molecule has 1 aliphatic heterocycles. The quantitative estimate of drug-likeness (QED) is 0.338. The molecule has 0 radical (unpaired) electrons. The van der Waals surface area contributed by atoms with Gasteiger partial charge in [0.25, 0.3) is 0 Å². The van der Waals surface area contributed by atoms with Crippen LogP contribution in [0.25, 0.3) is 0 Å². The van der Waals surface area contributed by atoms with Crippen LogP contribution in [0.5, 0.6) is 0 Å². The van der Waals surface area contributed by atoms with Crippen molar-refractivity contribution in [2.45, 2.75) is 18.9 Å². The third kappa shape index (κ3) is 3.38. The minimum Gasteiger partial charge on any atom is -0.315 e. The largest absolute Gasteiger partial charge is 0.315 e. The maximum absolute atomic E-state index is 5.01. The van der Waals surface area contributed by atoms with Gasteiger partial charge in [0.1, 0.15) is 6.61 Å². The molecule has 2 N–H and O–H groups in total. The second kappa shape index (κ2) is 5.14. The molecule has 11 heavy (non-hydrogen) atoms. The lowest BCUT2D eigenvalue weighted by Gasteiger charge is -2.22. The van der Waals surface area contributed by atoms with E-state index in [1.807, 2.05) is 0 Å². The van der Waals surface area contributed by atoms with Gasteiger partial charge >= 0.3 is 0 Å². The first-order valence-electron chi connectivity index (χ1n) is 3.95. The highest BCUT2D eigenvalue weighted by Gasteiger charge is 2.11. The Kier molecular flexibility index (Phi) is 3.99. The third-order valence-electron chi connectivity index (χ3n) is 1.70. The first kappa shape index (κ1) is 8.54. The van der Waals surface area contributed by atoms with Gasteiger partial charge in [0.15, 0.2) is 0 Å². The molecule has 62 valence electrons. The minimum absolute atomic E-state index is 0.344. The number of hydroxylamine groups is 1. The van der Waals surface area contributed by atoms with Crippen LogP contribution < -0.4 is 10.8 Å². The zero-order chi connectivity index (χ0) is 7.94. The van der Waals surface area contributed by atoms with Gasteiger partial charge in [-0.3, -0.25) is 4.84 Å². The molecular weight excluding hydrogens is 140 g/mol. The summed E-state index contributed by atoms with van der Waals surface area (Å²) in [6.45, 7) is 2.44. The van der Waals surface area contributed by atoms with Gasteiger partial charge in [-0.2, -0.15) is 5.48 Å². The molecule has 0 aromatic heterocycles. The van der Waals surface area contributed by atoms with Gasteiger partial charge in [-0.15, -0.1) is 6.42 Å². The Morgan fingerprint density at radius 1 is 1.73 bits per heavy atom. The van der Waals surface area contributed by atoms with E-state index in [2.05, 4.69) is 16.7 Å². The van der Waals surface area contributed by atoms with E-state index < -0.39 is 0 Å². The molecule has 1 unspecified atom stereocenters. The lowest BCUT2D eigenvalue weighted by Crippen LogP contribution is -2.43. The molecule has 1 atom stereocenters. The van der Waals surface area contributed by atoms with E-state index in [0.29, 0.717) is 12.6 Å². The highest BCUT2D eigenvalue weighted by Crippen LogP contribution is 2.00. The van der Waals surface area contributed by atoms with E-state index in [0.717, 1.165) is 19.5 Å². The molecule has 0 aromatic rings. The highest BCUT2D eigenvalue weighted by molar-refractivity contribution is 4.82. The summed E-state index contributed by atoms with van der Waals surface area (Å²) in [5.41, 5.74) is 2.92. The van der Waals surface area contributed by atoms with Crippen LogP contribution in [0.1, 0.15) is 12.8 Å². The fourth-order valence-electron chi connectivity index (χ4n) is 1.15.